The summed E-state index contributed by atoms with van der Waals surface area (Å²) in [6.07, 6.45) is 0. The molecule has 0 saturated carbocycles. The van der Waals surface area contributed by atoms with Crippen molar-refractivity contribution in [2.75, 3.05) is 13.1 Å². The standard InChI is InChI=1S/C21H22N2O3/c1-3-22(4-2)14-18-19(21(25)26)16-12-8-9-13-17(16)20(24)23(18)15-10-6-5-7-11-15/h5-13H,3-4,14H2,1-2H3,(H,25,26). The molecule has 0 aliphatic heterocycles. The Labute approximate surface area is 152 Å². The molecule has 26 heavy (non-hydrogen) atoms. The molecule has 0 saturated heterocycles. The fourth-order valence-electron chi connectivity index (χ4n) is 3.30. The Morgan fingerprint density at radius 1 is 0.962 bits per heavy atom. The smallest absolute Gasteiger partial charge is 0.338 e. The third-order valence-electron chi connectivity index (χ3n) is 4.68. The van der Waals surface area contributed by atoms with Crippen LogP contribution in [0.15, 0.2) is 59.4 Å². The Bertz CT molecular complexity index is 989. The minimum Gasteiger partial charge on any atom is -0.478 e. The van der Waals surface area contributed by atoms with Crippen molar-refractivity contribution in [3.05, 3.63) is 76.2 Å². The maximum Gasteiger partial charge on any atom is 0.338 e. The van der Waals surface area contributed by atoms with Crippen molar-refractivity contribution in [1.29, 1.82) is 0 Å². The molecule has 0 aliphatic rings. The van der Waals surface area contributed by atoms with E-state index < -0.39 is 5.97 Å². The Morgan fingerprint density at radius 3 is 2.12 bits per heavy atom. The molecule has 0 aliphatic carbocycles. The van der Waals surface area contributed by atoms with E-state index in [0.29, 0.717) is 28.7 Å². The van der Waals surface area contributed by atoms with E-state index in [1.807, 2.05) is 44.2 Å². The van der Waals surface area contributed by atoms with E-state index in [1.54, 1.807) is 28.8 Å². The van der Waals surface area contributed by atoms with Crippen molar-refractivity contribution < 1.29 is 9.90 Å². The highest BCUT2D eigenvalue weighted by molar-refractivity contribution is 6.04. The number of aromatic nitrogens is 1. The first kappa shape index (κ1) is 17.9. The average Bonchev–Trinajstić information content (AvgIpc) is 2.66. The van der Waals surface area contributed by atoms with E-state index in [2.05, 4.69) is 4.90 Å². The summed E-state index contributed by atoms with van der Waals surface area (Å²) in [5.74, 6) is -1.02. The molecule has 0 radical (unpaired) electrons. The second-order valence-corrected chi connectivity index (χ2v) is 6.11. The number of benzene rings is 2. The van der Waals surface area contributed by atoms with Gasteiger partial charge in [-0.25, -0.2) is 4.79 Å². The van der Waals surface area contributed by atoms with Gasteiger partial charge in [-0.1, -0.05) is 50.2 Å². The molecule has 0 fully saturated rings. The van der Waals surface area contributed by atoms with E-state index in [0.717, 1.165) is 13.1 Å². The molecule has 5 nitrogen and oxygen atoms in total. The number of aromatic carboxylic acids is 1. The van der Waals surface area contributed by atoms with Gasteiger partial charge < -0.3 is 5.11 Å². The Morgan fingerprint density at radius 2 is 1.54 bits per heavy atom. The normalized spacial score (nSPS) is 11.2. The van der Waals surface area contributed by atoms with Crippen molar-refractivity contribution in [2.45, 2.75) is 20.4 Å². The first-order chi connectivity index (χ1) is 12.6. The number of carbonyl (C=O) groups is 1. The highest BCUT2D eigenvalue weighted by atomic mass is 16.4. The van der Waals surface area contributed by atoms with Crippen LogP contribution in [0.2, 0.25) is 0 Å². The van der Waals surface area contributed by atoms with Crippen molar-refractivity contribution in [3.63, 3.8) is 0 Å². The molecule has 0 unspecified atom stereocenters. The third-order valence-corrected chi connectivity index (χ3v) is 4.68. The molecule has 1 heterocycles. The summed E-state index contributed by atoms with van der Waals surface area (Å²) in [6.45, 7) is 5.98. The number of pyridine rings is 1. The summed E-state index contributed by atoms with van der Waals surface area (Å²) in [7, 11) is 0. The fraction of sp³-hybridized carbons (Fsp3) is 0.238. The maximum absolute atomic E-state index is 13.2. The van der Waals surface area contributed by atoms with Crippen LogP contribution in [0.4, 0.5) is 0 Å². The van der Waals surface area contributed by atoms with E-state index >= 15 is 0 Å². The van der Waals surface area contributed by atoms with Gasteiger partial charge in [-0.2, -0.15) is 0 Å². The fourth-order valence-corrected chi connectivity index (χ4v) is 3.30. The first-order valence-corrected chi connectivity index (χ1v) is 8.76. The highest BCUT2D eigenvalue weighted by Crippen LogP contribution is 2.24. The first-order valence-electron chi connectivity index (χ1n) is 8.76. The zero-order valence-corrected chi connectivity index (χ0v) is 15.0. The Hall–Kier alpha value is -2.92. The van der Waals surface area contributed by atoms with Crippen molar-refractivity contribution in [1.82, 2.24) is 9.47 Å². The van der Waals surface area contributed by atoms with Crippen molar-refractivity contribution in [3.8, 4) is 5.69 Å². The molecule has 0 spiro atoms. The summed E-state index contributed by atoms with van der Waals surface area (Å²) < 4.78 is 1.55. The minimum atomic E-state index is -1.02. The van der Waals surface area contributed by atoms with Crippen LogP contribution < -0.4 is 5.56 Å². The van der Waals surface area contributed by atoms with Crippen LogP contribution in [0.25, 0.3) is 16.5 Å². The van der Waals surface area contributed by atoms with Crippen LogP contribution in [0.3, 0.4) is 0 Å². The molecule has 2 aromatic carbocycles. The monoisotopic (exact) mass is 350 g/mol. The van der Waals surface area contributed by atoms with Gasteiger partial charge in [0.1, 0.15) is 0 Å². The number of hydrogen-bond acceptors (Lipinski definition) is 3. The van der Waals surface area contributed by atoms with E-state index in [4.69, 9.17) is 0 Å². The molecule has 0 bridgehead atoms. The largest absolute Gasteiger partial charge is 0.478 e. The van der Waals surface area contributed by atoms with Crippen molar-refractivity contribution in [2.24, 2.45) is 0 Å². The summed E-state index contributed by atoms with van der Waals surface area (Å²) in [5, 5.41) is 10.8. The van der Waals surface area contributed by atoms with Gasteiger partial charge in [-0.05, 0) is 31.3 Å². The van der Waals surface area contributed by atoms with Gasteiger partial charge in [0.25, 0.3) is 5.56 Å². The number of rotatable bonds is 6. The van der Waals surface area contributed by atoms with Gasteiger partial charge in [0.2, 0.25) is 0 Å². The summed E-state index contributed by atoms with van der Waals surface area (Å²) in [4.78, 5) is 27.5. The average molecular weight is 350 g/mol. The van der Waals surface area contributed by atoms with Gasteiger partial charge >= 0.3 is 5.97 Å². The number of hydrogen-bond donors (Lipinski definition) is 1. The Balaban J connectivity index is 2.44. The predicted molar refractivity (Wildman–Crippen MR) is 103 cm³/mol. The number of nitrogens with zero attached hydrogens (tertiary/aromatic N) is 2. The highest BCUT2D eigenvalue weighted by Gasteiger charge is 2.23. The topological polar surface area (TPSA) is 62.5 Å². The van der Waals surface area contributed by atoms with Crippen LogP contribution in [0.5, 0.6) is 0 Å². The molecule has 3 aromatic rings. The van der Waals surface area contributed by atoms with Crippen molar-refractivity contribution >= 4 is 16.7 Å². The van der Waals surface area contributed by atoms with Crippen LogP contribution in [0.1, 0.15) is 29.9 Å². The quantitative estimate of drug-likeness (QED) is 0.739. The van der Waals surface area contributed by atoms with E-state index in [1.165, 1.54) is 0 Å². The molecular formula is C21H22N2O3. The minimum absolute atomic E-state index is 0.191. The van der Waals surface area contributed by atoms with Crippen LogP contribution in [-0.4, -0.2) is 33.6 Å². The van der Waals surface area contributed by atoms with Gasteiger partial charge in [0, 0.05) is 23.0 Å². The number of carboxylic acid groups (broad SMARTS) is 1. The second kappa shape index (κ2) is 7.54. The summed E-state index contributed by atoms with van der Waals surface area (Å²) in [6, 6.07) is 16.1. The third kappa shape index (κ3) is 3.13. The van der Waals surface area contributed by atoms with Gasteiger partial charge in [-0.15, -0.1) is 0 Å². The van der Waals surface area contributed by atoms with Gasteiger partial charge in [-0.3, -0.25) is 14.3 Å². The molecule has 134 valence electrons. The lowest BCUT2D eigenvalue weighted by Gasteiger charge is -2.23. The zero-order chi connectivity index (χ0) is 18.7. The molecule has 3 rings (SSSR count). The van der Waals surface area contributed by atoms with Gasteiger partial charge in [0.15, 0.2) is 0 Å². The lowest BCUT2D eigenvalue weighted by Crippen LogP contribution is -2.31. The zero-order valence-electron chi connectivity index (χ0n) is 15.0. The summed E-state index contributed by atoms with van der Waals surface area (Å²) in [5.41, 5.74) is 1.18. The van der Waals surface area contributed by atoms with E-state index in [-0.39, 0.29) is 11.1 Å². The molecule has 0 amide bonds. The second-order valence-electron chi connectivity index (χ2n) is 6.11. The Kier molecular flexibility index (Phi) is 5.19. The molecule has 5 heteroatoms. The predicted octanol–water partition coefficient (Wildman–Crippen LogP) is 3.53. The molecule has 0 atom stereocenters. The SMILES string of the molecule is CCN(CC)Cc1c(C(=O)O)c2ccccc2c(=O)n1-c1ccccc1. The molecule has 1 aromatic heterocycles. The number of carboxylic acids is 1. The van der Waals surface area contributed by atoms with Gasteiger partial charge in [0.05, 0.1) is 11.3 Å². The lowest BCUT2D eigenvalue weighted by molar-refractivity contribution is 0.0695. The summed E-state index contributed by atoms with van der Waals surface area (Å²) >= 11 is 0. The number of para-hydroxylation sites is 1. The molecular weight excluding hydrogens is 328 g/mol. The van der Waals surface area contributed by atoms with Crippen LogP contribution in [-0.2, 0) is 6.54 Å². The molecule has 1 N–H and O–H groups in total. The van der Waals surface area contributed by atoms with Crippen LogP contribution in [0, 0.1) is 0 Å². The van der Waals surface area contributed by atoms with E-state index in [9.17, 15) is 14.7 Å². The lowest BCUT2D eigenvalue weighted by atomic mass is 10.0. The maximum atomic E-state index is 13.2. The number of fused-ring (bicyclic) bond motifs is 1. The van der Waals surface area contributed by atoms with Crippen LogP contribution >= 0.6 is 0 Å².